The van der Waals surface area contributed by atoms with Crippen LogP contribution >= 0.6 is 15.9 Å². The number of carbonyl (C=O) groups is 3. The number of ether oxygens (including phenoxy) is 1. The topological polar surface area (TPSA) is 119 Å². The predicted molar refractivity (Wildman–Crippen MR) is 107 cm³/mol. The summed E-state index contributed by atoms with van der Waals surface area (Å²) in [6.45, 7) is 2.16. The number of non-ortho nitro benzene ring substituents is 1. The van der Waals surface area contributed by atoms with Gasteiger partial charge in [-0.05, 0) is 37.3 Å². The van der Waals surface area contributed by atoms with Gasteiger partial charge in [-0.25, -0.2) is 9.69 Å². The first-order valence-electron chi connectivity index (χ1n) is 8.40. The second-order valence-corrected chi connectivity index (χ2v) is 6.77. The van der Waals surface area contributed by atoms with Gasteiger partial charge in [0.15, 0.2) is 0 Å². The Morgan fingerprint density at radius 1 is 1.21 bits per heavy atom. The monoisotopic (exact) mass is 459 g/mol. The van der Waals surface area contributed by atoms with Crippen molar-refractivity contribution in [2.24, 2.45) is 0 Å². The van der Waals surface area contributed by atoms with Crippen molar-refractivity contribution in [1.29, 1.82) is 0 Å². The van der Waals surface area contributed by atoms with E-state index in [1.54, 1.807) is 25.1 Å². The minimum absolute atomic E-state index is 0.0284. The smallest absolute Gasteiger partial charge is 0.335 e. The molecule has 3 rings (SSSR count). The third kappa shape index (κ3) is 4.16. The van der Waals surface area contributed by atoms with Crippen LogP contribution in [0.2, 0.25) is 0 Å². The van der Waals surface area contributed by atoms with Crippen molar-refractivity contribution in [3.05, 3.63) is 68.2 Å². The van der Waals surface area contributed by atoms with Crippen LogP contribution in [-0.2, 0) is 9.59 Å². The minimum Gasteiger partial charge on any atom is -0.493 e. The number of nitrogens with zero attached hydrogens (tertiary/aromatic N) is 2. The van der Waals surface area contributed by atoms with Crippen LogP contribution in [0.25, 0.3) is 6.08 Å². The normalized spacial score (nSPS) is 15.4. The molecule has 10 heteroatoms. The van der Waals surface area contributed by atoms with E-state index in [0.29, 0.717) is 27.3 Å². The van der Waals surface area contributed by atoms with Crippen molar-refractivity contribution in [3.63, 3.8) is 0 Å². The van der Waals surface area contributed by atoms with Crippen LogP contribution in [0.3, 0.4) is 0 Å². The Labute approximate surface area is 173 Å². The lowest BCUT2D eigenvalue weighted by Crippen LogP contribution is -2.54. The first kappa shape index (κ1) is 20.2. The standard InChI is InChI=1S/C19H14BrN3O6/c1-2-29-16-7-6-12(20)8-11(16)9-15-17(24)21-19(26)22(18(15)25)13-4-3-5-14(10-13)23(27)28/h3-10H,2H2,1H3,(H,21,24,26)/b15-9+. The Kier molecular flexibility index (Phi) is 5.74. The molecule has 2 aromatic rings. The van der Waals surface area contributed by atoms with Crippen molar-refractivity contribution in [3.8, 4) is 5.75 Å². The molecule has 0 saturated carbocycles. The van der Waals surface area contributed by atoms with Crippen LogP contribution in [0.15, 0.2) is 52.5 Å². The lowest BCUT2D eigenvalue weighted by Gasteiger charge is -2.26. The summed E-state index contributed by atoms with van der Waals surface area (Å²) in [5.41, 5.74) is -0.182. The highest BCUT2D eigenvalue weighted by atomic mass is 79.9. The minimum atomic E-state index is -0.989. The maximum Gasteiger partial charge on any atom is 0.335 e. The van der Waals surface area contributed by atoms with Crippen LogP contribution in [0.4, 0.5) is 16.2 Å². The molecule has 148 valence electrons. The molecule has 1 aliphatic rings. The van der Waals surface area contributed by atoms with Crippen LogP contribution < -0.4 is 15.0 Å². The average molecular weight is 460 g/mol. The Morgan fingerprint density at radius 3 is 2.66 bits per heavy atom. The summed E-state index contributed by atoms with van der Waals surface area (Å²) < 4.78 is 6.21. The molecule has 0 radical (unpaired) electrons. The van der Waals surface area contributed by atoms with E-state index in [9.17, 15) is 24.5 Å². The Hall–Kier alpha value is -3.53. The lowest BCUT2D eigenvalue weighted by atomic mass is 10.1. The summed E-state index contributed by atoms with van der Waals surface area (Å²) in [5, 5.41) is 13.1. The van der Waals surface area contributed by atoms with E-state index in [2.05, 4.69) is 21.2 Å². The number of nitro groups is 1. The first-order valence-corrected chi connectivity index (χ1v) is 9.19. The second kappa shape index (κ2) is 8.23. The molecular weight excluding hydrogens is 446 g/mol. The molecule has 1 saturated heterocycles. The lowest BCUT2D eigenvalue weighted by molar-refractivity contribution is -0.384. The molecule has 0 spiro atoms. The van der Waals surface area contributed by atoms with E-state index in [-0.39, 0.29) is 16.9 Å². The fourth-order valence-corrected chi connectivity index (χ4v) is 3.09. The molecule has 0 aromatic heterocycles. The van der Waals surface area contributed by atoms with Crippen molar-refractivity contribution in [2.75, 3.05) is 11.5 Å². The molecule has 0 aliphatic carbocycles. The quantitative estimate of drug-likeness (QED) is 0.316. The molecule has 1 aliphatic heterocycles. The number of urea groups is 1. The molecule has 29 heavy (non-hydrogen) atoms. The molecule has 0 bridgehead atoms. The zero-order chi connectivity index (χ0) is 21.1. The van der Waals surface area contributed by atoms with Gasteiger partial charge in [-0.3, -0.25) is 25.0 Å². The third-order valence-corrected chi connectivity index (χ3v) is 4.47. The number of amides is 4. The highest BCUT2D eigenvalue weighted by Crippen LogP contribution is 2.29. The van der Waals surface area contributed by atoms with Crippen LogP contribution in [0.1, 0.15) is 12.5 Å². The molecule has 4 amide bonds. The number of halogens is 1. The number of carbonyl (C=O) groups excluding carboxylic acids is 3. The summed E-state index contributed by atoms with van der Waals surface area (Å²) >= 11 is 3.32. The summed E-state index contributed by atoms with van der Waals surface area (Å²) in [6.07, 6.45) is 1.31. The zero-order valence-electron chi connectivity index (χ0n) is 15.0. The van der Waals surface area contributed by atoms with Gasteiger partial charge in [0.05, 0.1) is 17.2 Å². The van der Waals surface area contributed by atoms with Gasteiger partial charge in [0.25, 0.3) is 17.5 Å². The fourth-order valence-electron chi connectivity index (χ4n) is 2.71. The third-order valence-electron chi connectivity index (χ3n) is 3.97. The molecule has 1 fully saturated rings. The summed E-state index contributed by atoms with van der Waals surface area (Å²) in [4.78, 5) is 48.6. The molecule has 0 atom stereocenters. The Balaban J connectivity index is 2.06. The number of nitrogens with one attached hydrogen (secondary N) is 1. The highest BCUT2D eigenvalue weighted by Gasteiger charge is 2.37. The summed E-state index contributed by atoms with van der Waals surface area (Å²) in [5.74, 6) is -1.33. The zero-order valence-corrected chi connectivity index (χ0v) is 16.6. The number of rotatable bonds is 5. The largest absolute Gasteiger partial charge is 0.493 e. The van der Waals surface area contributed by atoms with Crippen LogP contribution in [-0.4, -0.2) is 29.4 Å². The summed E-state index contributed by atoms with van der Waals surface area (Å²) in [6, 6.07) is 9.11. The molecule has 0 unspecified atom stereocenters. The van der Waals surface area contributed by atoms with Crippen molar-refractivity contribution in [2.45, 2.75) is 6.92 Å². The van der Waals surface area contributed by atoms with E-state index in [1.165, 1.54) is 24.3 Å². The van der Waals surface area contributed by atoms with Crippen molar-refractivity contribution in [1.82, 2.24) is 5.32 Å². The van der Waals surface area contributed by atoms with E-state index in [0.717, 1.165) is 6.07 Å². The van der Waals surface area contributed by atoms with Crippen molar-refractivity contribution < 1.29 is 24.0 Å². The van der Waals surface area contributed by atoms with Gasteiger partial charge in [0.2, 0.25) is 0 Å². The van der Waals surface area contributed by atoms with E-state index in [4.69, 9.17) is 4.74 Å². The fraction of sp³-hybridized carbons (Fsp3) is 0.105. The number of barbiturate groups is 1. The maximum atomic E-state index is 12.9. The second-order valence-electron chi connectivity index (χ2n) is 5.85. The van der Waals surface area contributed by atoms with E-state index >= 15 is 0 Å². The van der Waals surface area contributed by atoms with Gasteiger partial charge in [0.1, 0.15) is 11.3 Å². The molecule has 1 N–H and O–H groups in total. The molecule has 1 heterocycles. The van der Waals surface area contributed by atoms with Crippen LogP contribution in [0, 0.1) is 10.1 Å². The number of hydrogen-bond donors (Lipinski definition) is 1. The summed E-state index contributed by atoms with van der Waals surface area (Å²) in [7, 11) is 0. The van der Waals surface area contributed by atoms with Gasteiger partial charge < -0.3 is 4.74 Å². The van der Waals surface area contributed by atoms with E-state index < -0.39 is 22.8 Å². The van der Waals surface area contributed by atoms with Gasteiger partial charge in [-0.15, -0.1) is 0 Å². The van der Waals surface area contributed by atoms with Gasteiger partial charge in [-0.1, -0.05) is 22.0 Å². The highest BCUT2D eigenvalue weighted by molar-refractivity contribution is 9.10. The SMILES string of the molecule is CCOc1ccc(Br)cc1/C=C1\C(=O)NC(=O)N(c2cccc([N+](=O)[O-])c2)C1=O. The number of nitro benzene ring substituents is 1. The van der Waals surface area contributed by atoms with Gasteiger partial charge >= 0.3 is 6.03 Å². The Bertz CT molecular complexity index is 1070. The molecule has 9 nitrogen and oxygen atoms in total. The average Bonchev–Trinajstić information content (AvgIpc) is 2.67. The number of benzene rings is 2. The van der Waals surface area contributed by atoms with Crippen LogP contribution in [0.5, 0.6) is 5.75 Å². The number of anilines is 1. The first-order chi connectivity index (χ1) is 13.8. The van der Waals surface area contributed by atoms with Crippen molar-refractivity contribution >= 4 is 51.2 Å². The number of imide groups is 2. The Morgan fingerprint density at radius 2 is 1.97 bits per heavy atom. The van der Waals surface area contributed by atoms with Gasteiger partial charge in [-0.2, -0.15) is 0 Å². The molecule has 2 aromatic carbocycles. The molecular formula is C19H14BrN3O6. The predicted octanol–water partition coefficient (Wildman–Crippen LogP) is 3.42. The number of hydrogen-bond acceptors (Lipinski definition) is 6. The van der Waals surface area contributed by atoms with Gasteiger partial charge in [0, 0.05) is 22.2 Å². The van der Waals surface area contributed by atoms with E-state index in [1.807, 2.05) is 0 Å². The maximum absolute atomic E-state index is 12.9.